The SMILES string of the molecule is c1ccc(-c2nc(-n3c4cc5c(c6c4c4c7c(cccc7ccc43)-c3ccccc3-6)-c3ccccc3C5(c3ccccc3)c3ccccc3)nc3ccccc23)cc1. The smallest absolute Gasteiger partial charge is 0.235 e. The maximum absolute atomic E-state index is 5.55. The fourth-order valence-electron chi connectivity index (χ4n) is 10.6. The maximum atomic E-state index is 5.55. The zero-order valence-corrected chi connectivity index (χ0v) is 31.4. The number of rotatable bonds is 4. The molecule has 0 aliphatic heterocycles. The molecule has 268 valence electrons. The zero-order valence-electron chi connectivity index (χ0n) is 31.4. The van der Waals surface area contributed by atoms with Gasteiger partial charge in [-0.2, -0.15) is 0 Å². The van der Waals surface area contributed by atoms with Crippen LogP contribution in [0.1, 0.15) is 22.3 Å². The molecule has 0 fully saturated rings. The van der Waals surface area contributed by atoms with Gasteiger partial charge in [0, 0.05) is 27.3 Å². The molecule has 13 rings (SSSR count). The standard InChI is InChI=1S/C55H33N3/c1-4-17-35(18-5-1)53-42-27-13-15-30-45(42)56-54(57-53)58-46-32-31-34-19-16-28-39-38-24-10-11-25-40(38)50-49-41-26-12-14-29-43(41)55(36-20-6-2-7-21-36,37-22-8-3-9-23-37)44(49)33-47(58)52(50)51(46)48(34)39/h1-33H. The van der Waals surface area contributed by atoms with E-state index in [1.54, 1.807) is 0 Å². The van der Waals surface area contributed by atoms with Crippen LogP contribution in [0.3, 0.4) is 0 Å². The minimum Gasteiger partial charge on any atom is -0.278 e. The summed E-state index contributed by atoms with van der Waals surface area (Å²) in [6.45, 7) is 0. The van der Waals surface area contributed by atoms with Crippen LogP contribution in [0.4, 0.5) is 0 Å². The van der Waals surface area contributed by atoms with Crippen LogP contribution in [0.5, 0.6) is 0 Å². The van der Waals surface area contributed by atoms with Gasteiger partial charge in [0.2, 0.25) is 5.95 Å². The Labute approximate surface area is 335 Å². The summed E-state index contributed by atoms with van der Waals surface area (Å²) >= 11 is 0. The number of benzene rings is 9. The molecule has 0 saturated heterocycles. The third kappa shape index (κ3) is 4.02. The van der Waals surface area contributed by atoms with Crippen molar-refractivity contribution in [2.24, 2.45) is 0 Å². The Bertz CT molecular complexity index is 3450. The predicted octanol–water partition coefficient (Wildman–Crippen LogP) is 13.6. The fourth-order valence-corrected chi connectivity index (χ4v) is 10.6. The van der Waals surface area contributed by atoms with Crippen LogP contribution in [-0.4, -0.2) is 14.5 Å². The highest BCUT2D eigenvalue weighted by Crippen LogP contribution is 2.62. The van der Waals surface area contributed by atoms with E-state index in [0.717, 1.165) is 33.2 Å². The number of fused-ring (bicyclic) bond motifs is 8. The van der Waals surface area contributed by atoms with E-state index in [9.17, 15) is 0 Å². The first kappa shape index (κ1) is 31.6. The van der Waals surface area contributed by atoms with Crippen LogP contribution in [0, 0.1) is 0 Å². The third-order valence-electron chi connectivity index (χ3n) is 12.8. The third-order valence-corrected chi connectivity index (χ3v) is 12.8. The van der Waals surface area contributed by atoms with Crippen LogP contribution in [-0.2, 0) is 5.41 Å². The summed E-state index contributed by atoms with van der Waals surface area (Å²) in [5.74, 6) is 0.662. The van der Waals surface area contributed by atoms with Gasteiger partial charge in [0.15, 0.2) is 0 Å². The zero-order chi connectivity index (χ0) is 38.0. The van der Waals surface area contributed by atoms with Crippen LogP contribution in [0.25, 0.3) is 94.1 Å². The number of hydrogen-bond acceptors (Lipinski definition) is 2. The molecule has 0 bridgehead atoms. The normalized spacial score (nSPS) is 13.3. The molecule has 0 unspecified atom stereocenters. The highest BCUT2D eigenvalue weighted by molar-refractivity contribution is 6.32. The van der Waals surface area contributed by atoms with E-state index in [2.05, 4.69) is 205 Å². The van der Waals surface area contributed by atoms with Gasteiger partial charge < -0.3 is 0 Å². The van der Waals surface area contributed by atoms with Crippen molar-refractivity contribution in [1.82, 2.24) is 14.5 Å². The van der Waals surface area contributed by atoms with Crippen molar-refractivity contribution >= 4 is 43.5 Å². The molecule has 0 atom stereocenters. The number of aromatic nitrogens is 3. The largest absolute Gasteiger partial charge is 0.278 e. The monoisotopic (exact) mass is 735 g/mol. The number of hydrogen-bond donors (Lipinski definition) is 0. The van der Waals surface area contributed by atoms with Gasteiger partial charge in [-0.1, -0.05) is 182 Å². The Balaban J connectivity index is 1.30. The molecule has 0 spiro atoms. The number of para-hydroxylation sites is 1. The Morgan fingerprint density at radius 3 is 1.81 bits per heavy atom. The molecule has 9 aromatic carbocycles. The van der Waals surface area contributed by atoms with Crippen molar-refractivity contribution in [2.45, 2.75) is 5.41 Å². The molecule has 3 nitrogen and oxygen atoms in total. The minimum absolute atomic E-state index is 0.594. The molecular weight excluding hydrogens is 703 g/mol. The quantitative estimate of drug-likeness (QED) is 0.180. The second-order valence-corrected chi connectivity index (χ2v) is 15.6. The van der Waals surface area contributed by atoms with E-state index in [1.165, 1.54) is 77.2 Å². The average molecular weight is 736 g/mol. The van der Waals surface area contributed by atoms with Gasteiger partial charge in [-0.05, 0) is 79.0 Å². The van der Waals surface area contributed by atoms with Crippen LogP contribution < -0.4 is 0 Å². The molecular formula is C55H33N3. The summed E-state index contributed by atoms with van der Waals surface area (Å²) in [5.41, 5.74) is 17.1. The summed E-state index contributed by atoms with van der Waals surface area (Å²) in [6, 6.07) is 73.2. The highest BCUT2D eigenvalue weighted by Gasteiger charge is 2.48. The summed E-state index contributed by atoms with van der Waals surface area (Å²) in [6.07, 6.45) is 0. The number of nitrogens with zero attached hydrogens (tertiary/aromatic N) is 3. The molecule has 0 amide bonds. The van der Waals surface area contributed by atoms with Crippen molar-refractivity contribution in [3.63, 3.8) is 0 Å². The van der Waals surface area contributed by atoms with Crippen molar-refractivity contribution in [1.29, 1.82) is 0 Å². The van der Waals surface area contributed by atoms with E-state index >= 15 is 0 Å². The molecule has 0 N–H and O–H groups in total. The van der Waals surface area contributed by atoms with Crippen molar-refractivity contribution in [3.8, 4) is 50.6 Å². The first-order chi connectivity index (χ1) is 28.8. The van der Waals surface area contributed by atoms with Gasteiger partial charge in [0.1, 0.15) is 0 Å². The van der Waals surface area contributed by atoms with Crippen LogP contribution >= 0.6 is 0 Å². The second-order valence-electron chi connectivity index (χ2n) is 15.6. The highest BCUT2D eigenvalue weighted by atomic mass is 15.2. The van der Waals surface area contributed by atoms with Crippen molar-refractivity contribution < 1.29 is 0 Å². The van der Waals surface area contributed by atoms with Gasteiger partial charge in [0.25, 0.3) is 0 Å². The van der Waals surface area contributed by atoms with Crippen LogP contribution in [0.15, 0.2) is 200 Å². The summed E-state index contributed by atoms with van der Waals surface area (Å²) in [5, 5.41) is 6.00. The first-order valence-corrected chi connectivity index (χ1v) is 20.0. The lowest BCUT2D eigenvalue weighted by molar-refractivity contribution is 0.769. The van der Waals surface area contributed by atoms with E-state index in [1.807, 2.05) is 0 Å². The van der Waals surface area contributed by atoms with E-state index < -0.39 is 5.41 Å². The molecule has 2 aliphatic rings. The Morgan fingerprint density at radius 1 is 0.397 bits per heavy atom. The molecule has 58 heavy (non-hydrogen) atoms. The van der Waals surface area contributed by atoms with Gasteiger partial charge in [-0.25, -0.2) is 9.97 Å². The van der Waals surface area contributed by atoms with Gasteiger partial charge in [-0.15, -0.1) is 0 Å². The Morgan fingerprint density at radius 2 is 1.03 bits per heavy atom. The van der Waals surface area contributed by atoms with Gasteiger partial charge in [-0.3, -0.25) is 4.57 Å². The molecule has 0 saturated carbocycles. The van der Waals surface area contributed by atoms with E-state index in [0.29, 0.717) is 5.95 Å². The maximum Gasteiger partial charge on any atom is 0.235 e. The van der Waals surface area contributed by atoms with Crippen molar-refractivity contribution in [3.05, 3.63) is 222 Å². The van der Waals surface area contributed by atoms with Crippen molar-refractivity contribution in [2.75, 3.05) is 0 Å². The lowest BCUT2D eigenvalue weighted by atomic mass is 9.67. The Kier molecular flexibility index (Phi) is 6.37. The second kappa shape index (κ2) is 11.7. The average Bonchev–Trinajstić information content (AvgIpc) is 3.74. The van der Waals surface area contributed by atoms with Gasteiger partial charge >= 0.3 is 0 Å². The lowest BCUT2D eigenvalue weighted by Crippen LogP contribution is -2.28. The molecule has 11 aromatic rings. The fraction of sp³-hybridized carbons (Fsp3) is 0.0182. The minimum atomic E-state index is -0.594. The molecule has 2 heterocycles. The molecule has 2 aromatic heterocycles. The summed E-state index contributed by atoms with van der Waals surface area (Å²) in [7, 11) is 0. The van der Waals surface area contributed by atoms with E-state index in [4.69, 9.17) is 9.97 Å². The molecule has 0 radical (unpaired) electrons. The summed E-state index contributed by atoms with van der Waals surface area (Å²) in [4.78, 5) is 11.0. The summed E-state index contributed by atoms with van der Waals surface area (Å²) < 4.78 is 2.36. The van der Waals surface area contributed by atoms with Crippen LogP contribution in [0.2, 0.25) is 0 Å². The predicted molar refractivity (Wildman–Crippen MR) is 239 cm³/mol. The van der Waals surface area contributed by atoms with Gasteiger partial charge in [0.05, 0.1) is 27.7 Å². The molecule has 3 heteroatoms. The first-order valence-electron chi connectivity index (χ1n) is 20.0. The molecule has 2 aliphatic carbocycles. The Hall–Kier alpha value is -7.62. The topological polar surface area (TPSA) is 30.7 Å². The van der Waals surface area contributed by atoms with E-state index in [-0.39, 0.29) is 0 Å². The lowest BCUT2D eigenvalue weighted by Gasteiger charge is -2.34.